The van der Waals surface area contributed by atoms with Crippen LogP contribution in [0.15, 0.2) is 24.4 Å². The number of hydrogen-bond acceptors (Lipinski definition) is 5. The van der Waals surface area contributed by atoms with Gasteiger partial charge in [0.05, 0.1) is 18.1 Å². The third-order valence-electron chi connectivity index (χ3n) is 3.35. The van der Waals surface area contributed by atoms with Crippen LogP contribution in [-0.2, 0) is 14.6 Å². The number of ether oxygens (including phenoxy) is 1. The minimum absolute atomic E-state index is 0.00630. The maximum Gasteiger partial charge on any atom is 0.323 e. The van der Waals surface area contributed by atoms with E-state index in [2.05, 4.69) is 10.3 Å². The van der Waals surface area contributed by atoms with Gasteiger partial charge in [-0.05, 0) is 18.6 Å². The number of nitrogens with zero attached hydrogens (tertiary/aromatic N) is 2. The van der Waals surface area contributed by atoms with Gasteiger partial charge in [-0.15, -0.1) is 0 Å². The molecule has 2 heterocycles. The van der Waals surface area contributed by atoms with E-state index in [0.717, 1.165) is 0 Å². The summed E-state index contributed by atoms with van der Waals surface area (Å²) in [6.07, 6.45) is 2.04. The molecule has 0 radical (unpaired) electrons. The summed E-state index contributed by atoms with van der Waals surface area (Å²) in [4.78, 5) is 17.9. The first kappa shape index (κ1) is 15.7. The Morgan fingerprint density at radius 1 is 1.52 bits per heavy atom. The molecule has 1 atom stereocenters. The van der Waals surface area contributed by atoms with Gasteiger partial charge >= 0.3 is 6.03 Å². The topological polar surface area (TPSA) is 88.6 Å². The average Bonchev–Trinajstić information content (AvgIpc) is 2.80. The molecule has 0 aliphatic carbocycles. The number of urea groups is 1. The highest BCUT2D eigenvalue weighted by Crippen LogP contribution is 2.18. The molecule has 2 amide bonds. The van der Waals surface area contributed by atoms with E-state index < -0.39 is 9.84 Å². The first-order chi connectivity index (χ1) is 10.0. The summed E-state index contributed by atoms with van der Waals surface area (Å²) in [7, 11) is -1.51. The van der Waals surface area contributed by atoms with Gasteiger partial charge in [-0.25, -0.2) is 18.2 Å². The van der Waals surface area contributed by atoms with E-state index in [1.165, 1.54) is 4.90 Å². The molecular weight excluding hydrogens is 294 g/mol. The Labute approximate surface area is 124 Å². The number of anilines is 1. The molecule has 1 N–H and O–H groups in total. The van der Waals surface area contributed by atoms with Crippen LogP contribution in [0.1, 0.15) is 6.42 Å². The molecule has 1 aromatic heterocycles. The van der Waals surface area contributed by atoms with E-state index in [0.29, 0.717) is 25.4 Å². The third-order valence-corrected chi connectivity index (χ3v) is 5.10. The van der Waals surface area contributed by atoms with Crippen molar-refractivity contribution in [2.24, 2.45) is 0 Å². The van der Waals surface area contributed by atoms with E-state index in [1.807, 2.05) is 0 Å². The second-order valence-corrected chi connectivity index (χ2v) is 7.12. The van der Waals surface area contributed by atoms with Gasteiger partial charge < -0.3 is 9.64 Å². The Hall–Kier alpha value is -1.67. The number of pyridine rings is 1. The molecule has 21 heavy (non-hydrogen) atoms. The second kappa shape index (κ2) is 6.86. The number of amides is 2. The number of carbonyl (C=O) groups excluding carboxylic acids is 1. The van der Waals surface area contributed by atoms with E-state index in [9.17, 15) is 13.2 Å². The predicted octanol–water partition coefficient (Wildman–Crippen LogP) is 0.749. The van der Waals surface area contributed by atoms with E-state index in [-0.39, 0.29) is 23.6 Å². The fourth-order valence-corrected chi connectivity index (χ4v) is 4.01. The van der Waals surface area contributed by atoms with E-state index >= 15 is 0 Å². The fourth-order valence-electron chi connectivity index (χ4n) is 2.28. The van der Waals surface area contributed by atoms with Crippen molar-refractivity contribution in [1.82, 2.24) is 9.88 Å². The van der Waals surface area contributed by atoms with Crippen molar-refractivity contribution < 1.29 is 17.9 Å². The lowest BCUT2D eigenvalue weighted by atomic mass is 10.2. The van der Waals surface area contributed by atoms with Crippen molar-refractivity contribution in [2.45, 2.75) is 12.5 Å². The van der Waals surface area contributed by atoms with Crippen LogP contribution in [-0.4, -0.2) is 62.1 Å². The van der Waals surface area contributed by atoms with Gasteiger partial charge in [-0.2, -0.15) is 0 Å². The molecule has 7 nitrogen and oxygen atoms in total. The summed E-state index contributed by atoms with van der Waals surface area (Å²) in [5.74, 6) is 0.565. The van der Waals surface area contributed by atoms with Crippen molar-refractivity contribution in [3.05, 3.63) is 24.4 Å². The van der Waals surface area contributed by atoms with Crippen LogP contribution >= 0.6 is 0 Å². The molecule has 1 aliphatic heterocycles. The number of carbonyl (C=O) groups is 1. The number of nitrogens with one attached hydrogen (secondary N) is 1. The van der Waals surface area contributed by atoms with E-state index in [1.54, 1.807) is 31.5 Å². The van der Waals surface area contributed by atoms with Crippen LogP contribution in [0.4, 0.5) is 10.6 Å². The lowest BCUT2D eigenvalue weighted by molar-refractivity contribution is 0.140. The van der Waals surface area contributed by atoms with Gasteiger partial charge in [-0.1, -0.05) is 6.07 Å². The zero-order valence-electron chi connectivity index (χ0n) is 11.9. The first-order valence-corrected chi connectivity index (χ1v) is 8.52. The van der Waals surface area contributed by atoms with Gasteiger partial charge in [0.25, 0.3) is 0 Å². The van der Waals surface area contributed by atoms with Crippen molar-refractivity contribution in [2.75, 3.05) is 37.1 Å². The number of sulfone groups is 1. The van der Waals surface area contributed by atoms with Gasteiger partial charge in [0.1, 0.15) is 5.82 Å². The minimum Gasteiger partial charge on any atom is -0.383 e. The molecule has 1 unspecified atom stereocenters. The summed E-state index contributed by atoms with van der Waals surface area (Å²) in [5, 5.41) is 2.68. The molecule has 1 saturated heterocycles. The zero-order chi connectivity index (χ0) is 15.3. The summed E-state index contributed by atoms with van der Waals surface area (Å²) in [6.45, 7) is 0.696. The first-order valence-electron chi connectivity index (χ1n) is 6.70. The van der Waals surface area contributed by atoms with Gasteiger partial charge in [-0.3, -0.25) is 5.32 Å². The molecule has 2 rings (SSSR count). The summed E-state index contributed by atoms with van der Waals surface area (Å²) < 4.78 is 28.2. The minimum atomic E-state index is -3.05. The van der Waals surface area contributed by atoms with Crippen LogP contribution in [0.2, 0.25) is 0 Å². The van der Waals surface area contributed by atoms with Gasteiger partial charge in [0.15, 0.2) is 9.84 Å². The van der Waals surface area contributed by atoms with Crippen molar-refractivity contribution in [3.8, 4) is 0 Å². The second-order valence-electron chi connectivity index (χ2n) is 4.89. The van der Waals surface area contributed by atoms with E-state index in [4.69, 9.17) is 4.74 Å². The SMILES string of the molecule is COCCN(C(=O)Nc1ccccn1)C1CCS(=O)(=O)C1. The quantitative estimate of drug-likeness (QED) is 0.866. The number of hydrogen-bond donors (Lipinski definition) is 1. The molecule has 0 aromatic carbocycles. The zero-order valence-corrected chi connectivity index (χ0v) is 12.7. The van der Waals surface area contributed by atoms with Crippen LogP contribution in [0.5, 0.6) is 0 Å². The third kappa shape index (κ3) is 4.40. The average molecular weight is 313 g/mol. The molecule has 0 spiro atoms. The number of rotatable bonds is 5. The predicted molar refractivity (Wildman–Crippen MR) is 78.9 cm³/mol. The van der Waals surface area contributed by atoms with Crippen molar-refractivity contribution >= 4 is 21.7 Å². The fraction of sp³-hybridized carbons (Fsp3) is 0.538. The van der Waals surface area contributed by atoms with Crippen LogP contribution in [0.25, 0.3) is 0 Å². The molecular formula is C13H19N3O4S. The monoisotopic (exact) mass is 313 g/mol. The van der Waals surface area contributed by atoms with Crippen molar-refractivity contribution in [1.29, 1.82) is 0 Å². The summed E-state index contributed by atoms with van der Waals surface area (Å²) in [6, 6.07) is 4.53. The van der Waals surface area contributed by atoms with Crippen LogP contribution < -0.4 is 5.32 Å². The lowest BCUT2D eigenvalue weighted by Gasteiger charge is -2.27. The Morgan fingerprint density at radius 2 is 2.33 bits per heavy atom. The van der Waals surface area contributed by atoms with Crippen LogP contribution in [0, 0.1) is 0 Å². The van der Waals surface area contributed by atoms with Crippen molar-refractivity contribution in [3.63, 3.8) is 0 Å². The molecule has 0 saturated carbocycles. The largest absolute Gasteiger partial charge is 0.383 e. The highest BCUT2D eigenvalue weighted by atomic mass is 32.2. The van der Waals surface area contributed by atoms with Gasteiger partial charge in [0.2, 0.25) is 0 Å². The Balaban J connectivity index is 2.06. The standard InChI is InChI=1S/C13H19N3O4S/c1-20-8-7-16(11-5-9-21(18,19)10-11)13(17)15-12-4-2-3-6-14-12/h2-4,6,11H,5,7-10H2,1H3,(H,14,15,17). The molecule has 8 heteroatoms. The molecule has 1 aliphatic rings. The molecule has 116 valence electrons. The Bertz CT molecular complexity index is 576. The smallest absolute Gasteiger partial charge is 0.323 e. The molecule has 1 aromatic rings. The normalized spacial score (nSPS) is 20.1. The summed E-state index contributed by atoms with van der Waals surface area (Å²) >= 11 is 0. The van der Waals surface area contributed by atoms with Gasteiger partial charge in [0, 0.05) is 25.9 Å². The molecule has 0 bridgehead atoms. The van der Waals surface area contributed by atoms with Crippen LogP contribution in [0.3, 0.4) is 0 Å². The maximum atomic E-state index is 12.3. The lowest BCUT2D eigenvalue weighted by Crippen LogP contribution is -2.45. The Kier molecular flexibility index (Phi) is 5.13. The maximum absolute atomic E-state index is 12.3. The Morgan fingerprint density at radius 3 is 2.90 bits per heavy atom. The number of aromatic nitrogens is 1. The molecule has 1 fully saturated rings. The summed E-state index contributed by atoms with van der Waals surface area (Å²) in [5.41, 5.74) is 0. The number of methoxy groups -OCH3 is 1. The highest BCUT2D eigenvalue weighted by molar-refractivity contribution is 7.91. The highest BCUT2D eigenvalue weighted by Gasteiger charge is 2.34.